The van der Waals surface area contributed by atoms with Gasteiger partial charge in [0.1, 0.15) is 0 Å². The molecule has 0 amide bonds. The Bertz CT molecular complexity index is 121. The molecule has 0 aromatic heterocycles. The number of hydrogen-bond donors (Lipinski definition) is 1. The Morgan fingerprint density at radius 2 is 1.64 bits per heavy atom. The number of allylic oxidation sites excluding steroid dienone is 1. The van der Waals surface area contributed by atoms with Crippen LogP contribution in [0, 0.1) is 0 Å². The molecule has 2 nitrogen and oxygen atoms in total. The summed E-state index contributed by atoms with van der Waals surface area (Å²) in [6, 6.07) is 0. The van der Waals surface area contributed by atoms with E-state index >= 15 is 0 Å². The summed E-state index contributed by atoms with van der Waals surface area (Å²) in [4.78, 5) is 0. The van der Waals surface area contributed by atoms with Gasteiger partial charge in [-0.1, -0.05) is 38.7 Å². The van der Waals surface area contributed by atoms with Crippen molar-refractivity contribution in [3.05, 3.63) is 12.3 Å². The molecule has 0 bridgehead atoms. The van der Waals surface area contributed by atoms with Crippen molar-refractivity contribution in [1.82, 2.24) is 0 Å². The molecule has 0 fully saturated rings. The number of hydrogen-bond acceptors (Lipinski definition) is 2. The van der Waals surface area contributed by atoms with Gasteiger partial charge in [0.05, 0.1) is 12.9 Å². The van der Waals surface area contributed by atoms with Crippen molar-refractivity contribution < 1.29 is 9.84 Å². The van der Waals surface area contributed by atoms with Gasteiger partial charge in [0, 0.05) is 6.61 Å². The van der Waals surface area contributed by atoms with Crippen molar-refractivity contribution in [2.45, 2.75) is 51.9 Å². The Balaban J connectivity index is 2.88. The standard InChI is InChI=1S/C12H24O2/c1-2-3-11-14-12-9-7-5-4-6-8-10-13/h3,11,13H,2,4-10,12H2,1H3. The first-order chi connectivity index (χ1) is 6.91. The summed E-state index contributed by atoms with van der Waals surface area (Å²) in [7, 11) is 0. The highest BCUT2D eigenvalue weighted by atomic mass is 16.5. The van der Waals surface area contributed by atoms with Gasteiger partial charge in [0.25, 0.3) is 0 Å². The van der Waals surface area contributed by atoms with E-state index in [2.05, 4.69) is 6.92 Å². The molecule has 14 heavy (non-hydrogen) atoms. The molecule has 0 saturated carbocycles. The van der Waals surface area contributed by atoms with Crippen LogP contribution < -0.4 is 0 Å². The number of rotatable bonds is 10. The molecule has 0 unspecified atom stereocenters. The predicted molar refractivity (Wildman–Crippen MR) is 60.2 cm³/mol. The number of aliphatic hydroxyl groups excluding tert-OH is 1. The Morgan fingerprint density at radius 1 is 1.00 bits per heavy atom. The van der Waals surface area contributed by atoms with Gasteiger partial charge in [0.2, 0.25) is 0 Å². The molecule has 0 aromatic rings. The van der Waals surface area contributed by atoms with Crippen molar-refractivity contribution in [1.29, 1.82) is 0 Å². The lowest BCUT2D eigenvalue weighted by atomic mass is 10.1. The van der Waals surface area contributed by atoms with Crippen LogP contribution in [-0.4, -0.2) is 18.3 Å². The maximum Gasteiger partial charge on any atom is 0.0873 e. The highest BCUT2D eigenvalue weighted by Gasteiger charge is 1.90. The van der Waals surface area contributed by atoms with Crippen LogP contribution in [0.5, 0.6) is 0 Å². The van der Waals surface area contributed by atoms with Crippen LogP contribution in [0.25, 0.3) is 0 Å². The second-order valence-corrected chi connectivity index (χ2v) is 3.50. The SMILES string of the molecule is CCC=COCCCCCCCCO. The highest BCUT2D eigenvalue weighted by molar-refractivity contribution is 4.70. The monoisotopic (exact) mass is 200 g/mol. The van der Waals surface area contributed by atoms with Gasteiger partial charge in [-0.05, 0) is 19.3 Å². The maximum absolute atomic E-state index is 8.56. The Hall–Kier alpha value is -0.500. The minimum absolute atomic E-state index is 0.338. The summed E-state index contributed by atoms with van der Waals surface area (Å²) >= 11 is 0. The van der Waals surface area contributed by atoms with E-state index in [0.29, 0.717) is 6.61 Å². The van der Waals surface area contributed by atoms with Gasteiger partial charge in [-0.25, -0.2) is 0 Å². The third-order valence-electron chi connectivity index (χ3n) is 2.10. The van der Waals surface area contributed by atoms with E-state index < -0.39 is 0 Å². The Labute approximate surface area is 88.0 Å². The quantitative estimate of drug-likeness (QED) is 0.433. The van der Waals surface area contributed by atoms with Gasteiger partial charge in [0.15, 0.2) is 0 Å². The van der Waals surface area contributed by atoms with Crippen molar-refractivity contribution in [3.63, 3.8) is 0 Å². The van der Waals surface area contributed by atoms with Crippen LogP contribution >= 0.6 is 0 Å². The summed E-state index contributed by atoms with van der Waals surface area (Å²) in [5, 5.41) is 8.56. The van der Waals surface area contributed by atoms with Crippen molar-refractivity contribution in [2.24, 2.45) is 0 Å². The van der Waals surface area contributed by atoms with E-state index in [0.717, 1.165) is 32.3 Å². The normalized spacial score (nSPS) is 11.0. The van der Waals surface area contributed by atoms with E-state index in [-0.39, 0.29) is 0 Å². The van der Waals surface area contributed by atoms with Crippen molar-refractivity contribution >= 4 is 0 Å². The maximum atomic E-state index is 8.56. The average Bonchev–Trinajstić information content (AvgIpc) is 2.21. The smallest absolute Gasteiger partial charge is 0.0873 e. The highest BCUT2D eigenvalue weighted by Crippen LogP contribution is 2.05. The van der Waals surface area contributed by atoms with Crippen LogP contribution in [0.1, 0.15) is 51.9 Å². The molecule has 0 aliphatic rings. The van der Waals surface area contributed by atoms with E-state index in [9.17, 15) is 0 Å². The number of aliphatic hydroxyl groups is 1. The van der Waals surface area contributed by atoms with Crippen molar-refractivity contribution in [3.8, 4) is 0 Å². The molecule has 1 N–H and O–H groups in total. The molecule has 0 heterocycles. The number of ether oxygens (including phenoxy) is 1. The molecule has 0 aliphatic heterocycles. The van der Waals surface area contributed by atoms with Gasteiger partial charge in [-0.3, -0.25) is 0 Å². The zero-order chi connectivity index (χ0) is 10.5. The van der Waals surface area contributed by atoms with E-state index in [1.807, 2.05) is 6.08 Å². The fraction of sp³-hybridized carbons (Fsp3) is 0.833. The lowest BCUT2D eigenvalue weighted by Crippen LogP contribution is -1.88. The van der Waals surface area contributed by atoms with Crippen LogP contribution in [-0.2, 0) is 4.74 Å². The summed E-state index contributed by atoms with van der Waals surface area (Å²) in [5.41, 5.74) is 0. The van der Waals surface area contributed by atoms with E-state index in [4.69, 9.17) is 9.84 Å². The first kappa shape index (κ1) is 13.5. The molecule has 0 atom stereocenters. The summed E-state index contributed by atoms with van der Waals surface area (Å²) in [6.45, 7) is 3.28. The minimum atomic E-state index is 0.338. The van der Waals surface area contributed by atoms with Gasteiger partial charge in [-0.15, -0.1) is 0 Å². The van der Waals surface area contributed by atoms with E-state index in [1.54, 1.807) is 6.26 Å². The molecule has 0 radical (unpaired) electrons. The van der Waals surface area contributed by atoms with Crippen LogP contribution in [0.3, 0.4) is 0 Å². The van der Waals surface area contributed by atoms with Crippen LogP contribution in [0.15, 0.2) is 12.3 Å². The molecule has 2 heteroatoms. The van der Waals surface area contributed by atoms with Gasteiger partial charge in [-0.2, -0.15) is 0 Å². The molecule has 0 spiro atoms. The van der Waals surface area contributed by atoms with E-state index in [1.165, 1.54) is 19.3 Å². The molecule has 84 valence electrons. The second-order valence-electron chi connectivity index (χ2n) is 3.50. The van der Waals surface area contributed by atoms with Gasteiger partial charge < -0.3 is 9.84 Å². The topological polar surface area (TPSA) is 29.5 Å². The third kappa shape index (κ3) is 11.5. The largest absolute Gasteiger partial charge is 0.502 e. The predicted octanol–water partition coefficient (Wildman–Crippen LogP) is 3.26. The molecular weight excluding hydrogens is 176 g/mol. The molecular formula is C12H24O2. The molecule has 0 aliphatic carbocycles. The Morgan fingerprint density at radius 3 is 2.29 bits per heavy atom. The molecule has 0 saturated heterocycles. The lowest BCUT2D eigenvalue weighted by molar-refractivity contribution is 0.239. The lowest BCUT2D eigenvalue weighted by Gasteiger charge is -2.01. The van der Waals surface area contributed by atoms with Crippen LogP contribution in [0.2, 0.25) is 0 Å². The van der Waals surface area contributed by atoms with Crippen molar-refractivity contribution in [2.75, 3.05) is 13.2 Å². The van der Waals surface area contributed by atoms with Gasteiger partial charge >= 0.3 is 0 Å². The zero-order valence-corrected chi connectivity index (χ0v) is 9.37. The number of unbranched alkanes of at least 4 members (excludes halogenated alkanes) is 5. The average molecular weight is 200 g/mol. The minimum Gasteiger partial charge on any atom is -0.502 e. The Kier molecular flexibility index (Phi) is 12.1. The first-order valence-corrected chi connectivity index (χ1v) is 5.79. The second kappa shape index (κ2) is 12.5. The molecule has 0 rings (SSSR count). The fourth-order valence-electron chi connectivity index (χ4n) is 1.24. The third-order valence-corrected chi connectivity index (χ3v) is 2.10. The summed E-state index contributed by atoms with van der Waals surface area (Å²) in [5.74, 6) is 0. The zero-order valence-electron chi connectivity index (χ0n) is 9.37. The summed E-state index contributed by atoms with van der Waals surface area (Å²) in [6.07, 6.45) is 11.9. The summed E-state index contributed by atoms with van der Waals surface area (Å²) < 4.78 is 5.28. The first-order valence-electron chi connectivity index (χ1n) is 5.79. The molecule has 0 aromatic carbocycles. The van der Waals surface area contributed by atoms with Crippen LogP contribution in [0.4, 0.5) is 0 Å². The fourth-order valence-corrected chi connectivity index (χ4v) is 1.24.